The molecule has 1 amide bonds. The lowest BCUT2D eigenvalue weighted by Gasteiger charge is -2.24. The number of aromatic nitrogens is 2. The van der Waals surface area contributed by atoms with Crippen molar-refractivity contribution in [2.45, 2.75) is 65.6 Å². The molecule has 0 spiro atoms. The van der Waals surface area contributed by atoms with Gasteiger partial charge in [-0.2, -0.15) is 0 Å². The Bertz CT molecular complexity index is 479. The van der Waals surface area contributed by atoms with Crippen molar-refractivity contribution in [1.82, 2.24) is 19.8 Å². The zero-order valence-corrected chi connectivity index (χ0v) is 15.4. The summed E-state index contributed by atoms with van der Waals surface area (Å²) >= 11 is 0. The molecule has 1 aromatic rings. The predicted octanol–water partition coefficient (Wildman–Crippen LogP) is 2.68. The summed E-state index contributed by atoms with van der Waals surface area (Å²) in [5, 5.41) is 2.78. The quantitative estimate of drug-likeness (QED) is 0.799. The van der Waals surface area contributed by atoms with E-state index in [1.807, 2.05) is 33.3 Å². The summed E-state index contributed by atoms with van der Waals surface area (Å²) in [6, 6.07) is 0.579. The lowest BCUT2D eigenvalue weighted by atomic mass is 10.2. The lowest BCUT2D eigenvalue weighted by molar-refractivity contribution is 0.0528. The molecular formula is C17H32N4O2. The molecule has 0 aromatic carbocycles. The van der Waals surface area contributed by atoms with Crippen LogP contribution >= 0.6 is 0 Å². The van der Waals surface area contributed by atoms with Crippen LogP contribution in [-0.4, -0.2) is 52.3 Å². The normalized spacial score (nSPS) is 13.2. The van der Waals surface area contributed by atoms with Gasteiger partial charge in [0.1, 0.15) is 5.60 Å². The first-order valence-electron chi connectivity index (χ1n) is 8.39. The topological polar surface area (TPSA) is 59.4 Å². The van der Waals surface area contributed by atoms with Crippen molar-refractivity contribution >= 4 is 6.09 Å². The Morgan fingerprint density at radius 1 is 1.48 bits per heavy atom. The van der Waals surface area contributed by atoms with Crippen molar-refractivity contribution in [2.75, 3.05) is 20.1 Å². The molecule has 23 heavy (non-hydrogen) atoms. The van der Waals surface area contributed by atoms with Gasteiger partial charge in [0.25, 0.3) is 0 Å². The molecule has 6 heteroatoms. The zero-order valence-electron chi connectivity index (χ0n) is 15.4. The van der Waals surface area contributed by atoms with Gasteiger partial charge in [-0.1, -0.05) is 6.92 Å². The fraction of sp³-hybridized carbons (Fsp3) is 0.765. The van der Waals surface area contributed by atoms with Gasteiger partial charge in [-0.25, -0.2) is 9.78 Å². The van der Waals surface area contributed by atoms with E-state index in [4.69, 9.17) is 4.74 Å². The van der Waals surface area contributed by atoms with Crippen molar-refractivity contribution in [1.29, 1.82) is 0 Å². The van der Waals surface area contributed by atoms with Crippen molar-refractivity contribution in [3.05, 3.63) is 18.2 Å². The molecule has 132 valence electrons. The van der Waals surface area contributed by atoms with E-state index in [9.17, 15) is 4.79 Å². The van der Waals surface area contributed by atoms with Gasteiger partial charge < -0.3 is 19.5 Å². The highest BCUT2D eigenvalue weighted by atomic mass is 16.6. The van der Waals surface area contributed by atoms with Gasteiger partial charge in [-0.05, 0) is 41.2 Å². The molecule has 1 N–H and O–H groups in total. The summed E-state index contributed by atoms with van der Waals surface area (Å²) in [5.74, 6) is 0. The predicted molar refractivity (Wildman–Crippen MR) is 92.6 cm³/mol. The monoisotopic (exact) mass is 324 g/mol. The summed E-state index contributed by atoms with van der Waals surface area (Å²) in [7, 11) is 2.15. The second kappa shape index (κ2) is 8.91. The third-order valence-corrected chi connectivity index (χ3v) is 3.88. The number of hydrogen-bond acceptors (Lipinski definition) is 4. The average Bonchev–Trinajstić information content (AvgIpc) is 2.89. The van der Waals surface area contributed by atoms with Crippen LogP contribution in [0.1, 0.15) is 46.7 Å². The van der Waals surface area contributed by atoms with Gasteiger partial charge in [-0.3, -0.25) is 0 Å². The maximum Gasteiger partial charge on any atom is 0.407 e. The van der Waals surface area contributed by atoms with Gasteiger partial charge in [0.05, 0.1) is 6.33 Å². The maximum atomic E-state index is 11.6. The van der Waals surface area contributed by atoms with Crippen molar-refractivity contribution in [2.24, 2.45) is 0 Å². The number of hydrogen-bond donors (Lipinski definition) is 1. The number of rotatable bonds is 8. The number of likely N-dealkylation sites (N-methyl/N-ethyl adjacent to an activating group) is 1. The van der Waals surface area contributed by atoms with Crippen molar-refractivity contribution < 1.29 is 9.53 Å². The minimum absolute atomic E-state index is 0.375. The third-order valence-electron chi connectivity index (χ3n) is 3.88. The van der Waals surface area contributed by atoms with Gasteiger partial charge in [-0.15, -0.1) is 0 Å². The highest BCUT2D eigenvalue weighted by molar-refractivity contribution is 5.67. The molecule has 0 radical (unpaired) electrons. The standard InChI is InChI=1S/C17H32N4O2/c1-7-14(2)20(6)10-11-21-13-18-12-15(21)8-9-19-16(22)23-17(3,4)5/h12-14H,7-11H2,1-6H3,(H,19,22). The number of carbonyl (C=O) groups excluding carboxylic acids is 1. The molecule has 0 bridgehead atoms. The molecule has 1 unspecified atom stereocenters. The summed E-state index contributed by atoms with van der Waals surface area (Å²) in [6.45, 7) is 12.4. The van der Waals surface area contributed by atoms with Crippen LogP contribution in [0.5, 0.6) is 0 Å². The van der Waals surface area contributed by atoms with Crippen LogP contribution in [0.25, 0.3) is 0 Å². The summed E-state index contributed by atoms with van der Waals surface area (Å²) < 4.78 is 7.37. The van der Waals surface area contributed by atoms with E-state index < -0.39 is 5.60 Å². The van der Waals surface area contributed by atoms with Crippen molar-refractivity contribution in [3.8, 4) is 0 Å². The molecule has 1 aromatic heterocycles. The summed E-state index contributed by atoms with van der Waals surface area (Å²) in [4.78, 5) is 18.2. The van der Waals surface area contributed by atoms with Gasteiger partial charge in [0.15, 0.2) is 0 Å². The Kier molecular flexibility index (Phi) is 7.55. The molecule has 1 heterocycles. The zero-order chi connectivity index (χ0) is 17.5. The van der Waals surface area contributed by atoms with Crippen LogP contribution in [0.2, 0.25) is 0 Å². The molecule has 0 saturated heterocycles. The van der Waals surface area contributed by atoms with Crippen molar-refractivity contribution in [3.63, 3.8) is 0 Å². The molecule has 0 aliphatic rings. The lowest BCUT2D eigenvalue weighted by Crippen LogP contribution is -2.34. The highest BCUT2D eigenvalue weighted by Gasteiger charge is 2.15. The van der Waals surface area contributed by atoms with E-state index >= 15 is 0 Å². The molecular weight excluding hydrogens is 292 g/mol. The minimum Gasteiger partial charge on any atom is -0.444 e. The first-order valence-corrected chi connectivity index (χ1v) is 8.39. The van der Waals surface area contributed by atoms with Crippen LogP contribution in [0.15, 0.2) is 12.5 Å². The largest absolute Gasteiger partial charge is 0.444 e. The van der Waals surface area contributed by atoms with Gasteiger partial charge in [0.2, 0.25) is 0 Å². The number of alkyl carbamates (subject to hydrolysis) is 1. The Hall–Kier alpha value is -1.56. The summed E-state index contributed by atoms with van der Waals surface area (Å²) in [6.07, 6.45) is 5.23. The number of nitrogens with one attached hydrogen (secondary N) is 1. The van der Waals surface area contributed by atoms with E-state index in [0.717, 1.165) is 31.6 Å². The molecule has 0 aliphatic carbocycles. The first-order chi connectivity index (χ1) is 10.7. The van der Waals surface area contributed by atoms with E-state index in [-0.39, 0.29) is 6.09 Å². The number of amides is 1. The van der Waals surface area contributed by atoms with Crippen LogP contribution in [0, 0.1) is 0 Å². The SMILES string of the molecule is CCC(C)N(C)CCn1cncc1CCNC(=O)OC(C)(C)C. The molecule has 6 nitrogen and oxygen atoms in total. The highest BCUT2D eigenvalue weighted by Crippen LogP contribution is 2.07. The molecule has 0 aliphatic heterocycles. The van der Waals surface area contributed by atoms with E-state index in [1.54, 1.807) is 0 Å². The molecule has 1 atom stereocenters. The Morgan fingerprint density at radius 2 is 2.17 bits per heavy atom. The van der Waals surface area contributed by atoms with E-state index in [0.29, 0.717) is 12.6 Å². The Morgan fingerprint density at radius 3 is 2.78 bits per heavy atom. The molecule has 1 rings (SSSR count). The average molecular weight is 324 g/mol. The molecule has 0 saturated carbocycles. The van der Waals surface area contributed by atoms with Gasteiger partial charge in [0, 0.05) is 44.0 Å². The Labute approximate surface area is 140 Å². The van der Waals surface area contributed by atoms with Crippen LogP contribution in [0.3, 0.4) is 0 Å². The van der Waals surface area contributed by atoms with Crippen LogP contribution in [-0.2, 0) is 17.7 Å². The first kappa shape index (κ1) is 19.5. The minimum atomic E-state index is -0.466. The summed E-state index contributed by atoms with van der Waals surface area (Å²) in [5.41, 5.74) is 0.658. The van der Waals surface area contributed by atoms with Crippen LogP contribution in [0.4, 0.5) is 4.79 Å². The fourth-order valence-corrected chi connectivity index (χ4v) is 2.16. The van der Waals surface area contributed by atoms with Crippen LogP contribution < -0.4 is 5.32 Å². The van der Waals surface area contributed by atoms with Gasteiger partial charge >= 0.3 is 6.09 Å². The second-order valence-corrected chi connectivity index (χ2v) is 6.99. The smallest absolute Gasteiger partial charge is 0.407 e. The second-order valence-electron chi connectivity index (χ2n) is 6.99. The number of ether oxygens (including phenoxy) is 1. The van der Waals surface area contributed by atoms with E-state index in [2.05, 4.69) is 40.7 Å². The number of imidazole rings is 1. The Balaban J connectivity index is 2.39. The number of carbonyl (C=O) groups is 1. The third kappa shape index (κ3) is 7.50. The fourth-order valence-electron chi connectivity index (χ4n) is 2.16. The molecule has 0 fully saturated rings. The maximum absolute atomic E-state index is 11.6. The van der Waals surface area contributed by atoms with E-state index in [1.165, 1.54) is 0 Å². The number of nitrogens with zero attached hydrogens (tertiary/aromatic N) is 3.